The van der Waals surface area contributed by atoms with E-state index in [1.165, 1.54) is 6.07 Å². The number of hydrogen-bond donors (Lipinski definition) is 1. The molecule has 7 heteroatoms. The van der Waals surface area contributed by atoms with Crippen LogP contribution >= 0.6 is 0 Å². The smallest absolute Gasteiger partial charge is 0.250 e. The third-order valence-electron chi connectivity index (χ3n) is 3.75. The molecule has 0 spiro atoms. The van der Waals surface area contributed by atoms with Crippen LogP contribution in [0.5, 0.6) is 0 Å². The summed E-state index contributed by atoms with van der Waals surface area (Å²) in [7, 11) is -0.905. The van der Waals surface area contributed by atoms with E-state index in [9.17, 15) is 13.2 Å². The quantitative estimate of drug-likeness (QED) is 0.823. The van der Waals surface area contributed by atoms with Gasteiger partial charge in [-0.25, -0.2) is 8.42 Å². The first-order valence-electron chi connectivity index (χ1n) is 6.74. The predicted molar refractivity (Wildman–Crippen MR) is 79.4 cm³/mol. The minimum Gasteiger partial charge on any atom is -0.398 e. The standard InChI is InChI=1S/C13H21N3O3S/c1-15(12-5-8-20(18,19)10-12)6-2-7-16-9-11(14)3-4-13(16)17/h3-4,9,12H,2,5-8,10,14H2,1H3. The van der Waals surface area contributed by atoms with Gasteiger partial charge in [-0.2, -0.15) is 0 Å². The highest BCUT2D eigenvalue weighted by Gasteiger charge is 2.30. The van der Waals surface area contributed by atoms with Gasteiger partial charge in [0, 0.05) is 30.5 Å². The van der Waals surface area contributed by atoms with Crippen molar-refractivity contribution in [1.29, 1.82) is 0 Å². The molecule has 1 saturated heterocycles. The van der Waals surface area contributed by atoms with Crippen LogP contribution in [0.1, 0.15) is 12.8 Å². The molecular weight excluding hydrogens is 278 g/mol. The largest absolute Gasteiger partial charge is 0.398 e. The average molecular weight is 299 g/mol. The lowest BCUT2D eigenvalue weighted by Crippen LogP contribution is -2.34. The maximum Gasteiger partial charge on any atom is 0.250 e. The van der Waals surface area contributed by atoms with Gasteiger partial charge in [-0.1, -0.05) is 0 Å². The van der Waals surface area contributed by atoms with E-state index in [0.717, 1.165) is 13.0 Å². The molecule has 1 aliphatic rings. The van der Waals surface area contributed by atoms with Crippen molar-refractivity contribution in [1.82, 2.24) is 9.47 Å². The van der Waals surface area contributed by atoms with Crippen LogP contribution in [0.15, 0.2) is 23.1 Å². The van der Waals surface area contributed by atoms with Crippen molar-refractivity contribution >= 4 is 15.5 Å². The summed E-state index contributed by atoms with van der Waals surface area (Å²) >= 11 is 0. The van der Waals surface area contributed by atoms with Crippen LogP contribution in [0.2, 0.25) is 0 Å². The highest BCUT2D eigenvalue weighted by Crippen LogP contribution is 2.16. The van der Waals surface area contributed by atoms with Crippen LogP contribution in [-0.4, -0.2) is 49.0 Å². The number of nitrogens with zero attached hydrogens (tertiary/aromatic N) is 2. The second kappa shape index (κ2) is 5.97. The molecule has 1 fully saturated rings. The van der Waals surface area contributed by atoms with Crippen molar-refractivity contribution in [3.8, 4) is 0 Å². The SMILES string of the molecule is CN(CCCn1cc(N)ccc1=O)C1CCS(=O)(=O)C1. The summed E-state index contributed by atoms with van der Waals surface area (Å²) in [5, 5.41) is 0. The Bertz CT molecular complexity index is 624. The molecule has 1 aromatic rings. The number of sulfone groups is 1. The molecule has 0 saturated carbocycles. The summed E-state index contributed by atoms with van der Waals surface area (Å²) in [6.45, 7) is 1.36. The van der Waals surface area contributed by atoms with Gasteiger partial charge in [0.15, 0.2) is 9.84 Å². The second-order valence-electron chi connectivity index (χ2n) is 5.39. The van der Waals surface area contributed by atoms with E-state index in [1.807, 2.05) is 7.05 Å². The average Bonchev–Trinajstić information content (AvgIpc) is 2.74. The molecule has 20 heavy (non-hydrogen) atoms. The lowest BCUT2D eigenvalue weighted by molar-refractivity contribution is 0.254. The van der Waals surface area contributed by atoms with Gasteiger partial charge < -0.3 is 15.2 Å². The number of pyridine rings is 1. The molecule has 6 nitrogen and oxygen atoms in total. The van der Waals surface area contributed by atoms with Crippen LogP contribution in [0.25, 0.3) is 0 Å². The fourth-order valence-corrected chi connectivity index (χ4v) is 4.33. The molecule has 2 heterocycles. The molecule has 0 radical (unpaired) electrons. The lowest BCUT2D eigenvalue weighted by atomic mass is 10.2. The van der Waals surface area contributed by atoms with Crippen LogP contribution in [0, 0.1) is 0 Å². The Balaban J connectivity index is 1.84. The van der Waals surface area contributed by atoms with Crippen LogP contribution in [0.3, 0.4) is 0 Å². The van der Waals surface area contributed by atoms with E-state index in [4.69, 9.17) is 5.73 Å². The molecule has 1 unspecified atom stereocenters. The van der Waals surface area contributed by atoms with Crippen molar-refractivity contribution in [3.05, 3.63) is 28.7 Å². The highest BCUT2D eigenvalue weighted by molar-refractivity contribution is 7.91. The van der Waals surface area contributed by atoms with Gasteiger partial charge in [0.05, 0.1) is 11.5 Å². The van der Waals surface area contributed by atoms with Crippen LogP contribution in [-0.2, 0) is 16.4 Å². The summed E-state index contributed by atoms with van der Waals surface area (Å²) in [5.74, 6) is 0.540. The fourth-order valence-electron chi connectivity index (χ4n) is 2.52. The van der Waals surface area contributed by atoms with E-state index in [1.54, 1.807) is 16.8 Å². The summed E-state index contributed by atoms with van der Waals surface area (Å²) in [6.07, 6.45) is 3.13. The summed E-state index contributed by atoms with van der Waals surface area (Å²) < 4.78 is 24.5. The van der Waals surface area contributed by atoms with Crippen molar-refractivity contribution < 1.29 is 8.42 Å². The Morgan fingerprint density at radius 1 is 1.45 bits per heavy atom. The number of hydrogen-bond acceptors (Lipinski definition) is 5. The van der Waals surface area contributed by atoms with Gasteiger partial charge in [0.25, 0.3) is 5.56 Å². The number of nitrogens with two attached hydrogens (primary N) is 1. The van der Waals surface area contributed by atoms with Crippen molar-refractivity contribution in [3.63, 3.8) is 0 Å². The van der Waals surface area contributed by atoms with E-state index >= 15 is 0 Å². The molecule has 1 aromatic heterocycles. The van der Waals surface area contributed by atoms with Crippen molar-refractivity contribution in [2.75, 3.05) is 30.8 Å². The zero-order valence-electron chi connectivity index (χ0n) is 11.7. The third-order valence-corrected chi connectivity index (χ3v) is 5.50. The molecule has 0 aromatic carbocycles. The van der Waals surface area contributed by atoms with E-state index in [-0.39, 0.29) is 23.1 Å². The lowest BCUT2D eigenvalue weighted by Gasteiger charge is -2.23. The Hall–Kier alpha value is -1.34. The molecular formula is C13H21N3O3S. The number of rotatable bonds is 5. The van der Waals surface area contributed by atoms with E-state index in [2.05, 4.69) is 4.90 Å². The molecule has 112 valence electrons. The Kier molecular flexibility index (Phi) is 4.49. The predicted octanol–water partition coefficient (Wildman–Crippen LogP) is -0.0605. The maximum absolute atomic E-state index is 11.6. The minimum absolute atomic E-state index is 0.0645. The molecule has 1 aliphatic heterocycles. The van der Waals surface area contributed by atoms with Gasteiger partial charge >= 0.3 is 0 Å². The van der Waals surface area contributed by atoms with Gasteiger partial charge in [-0.05, 0) is 32.5 Å². The van der Waals surface area contributed by atoms with Crippen LogP contribution in [0.4, 0.5) is 5.69 Å². The van der Waals surface area contributed by atoms with Gasteiger partial charge in [-0.3, -0.25) is 4.79 Å². The molecule has 2 N–H and O–H groups in total. The van der Waals surface area contributed by atoms with Crippen molar-refractivity contribution in [2.24, 2.45) is 0 Å². The number of anilines is 1. The first-order valence-corrected chi connectivity index (χ1v) is 8.56. The molecule has 0 amide bonds. The molecule has 1 atom stereocenters. The summed E-state index contributed by atoms with van der Waals surface area (Å²) in [6, 6.07) is 3.16. The fraction of sp³-hybridized carbons (Fsp3) is 0.615. The van der Waals surface area contributed by atoms with Crippen molar-refractivity contribution in [2.45, 2.75) is 25.4 Å². The van der Waals surface area contributed by atoms with Gasteiger partial charge in [-0.15, -0.1) is 0 Å². The van der Waals surface area contributed by atoms with Gasteiger partial charge in [0.2, 0.25) is 0 Å². The Labute approximate surface area is 119 Å². The number of nitrogen functional groups attached to an aromatic ring is 1. The Morgan fingerprint density at radius 2 is 2.20 bits per heavy atom. The maximum atomic E-state index is 11.6. The summed E-state index contributed by atoms with van der Waals surface area (Å²) in [5.41, 5.74) is 6.16. The Morgan fingerprint density at radius 3 is 2.85 bits per heavy atom. The third kappa shape index (κ3) is 3.83. The van der Waals surface area contributed by atoms with E-state index < -0.39 is 9.84 Å². The first kappa shape index (κ1) is 15.1. The topological polar surface area (TPSA) is 85.4 Å². The second-order valence-corrected chi connectivity index (χ2v) is 7.61. The van der Waals surface area contributed by atoms with E-state index in [0.29, 0.717) is 18.7 Å². The molecule has 0 bridgehead atoms. The first-order chi connectivity index (χ1) is 9.37. The normalized spacial score (nSPS) is 21.4. The van der Waals surface area contributed by atoms with Crippen LogP contribution < -0.4 is 11.3 Å². The molecule has 2 rings (SSSR count). The highest BCUT2D eigenvalue weighted by atomic mass is 32.2. The zero-order valence-corrected chi connectivity index (χ0v) is 12.5. The number of aryl methyl sites for hydroxylation is 1. The summed E-state index contributed by atoms with van der Waals surface area (Å²) in [4.78, 5) is 13.7. The van der Waals surface area contributed by atoms with Gasteiger partial charge in [0.1, 0.15) is 0 Å². The monoisotopic (exact) mass is 299 g/mol. The number of aromatic nitrogens is 1. The minimum atomic E-state index is -2.84. The zero-order chi connectivity index (χ0) is 14.8. The molecule has 0 aliphatic carbocycles.